The molecule has 0 aliphatic carbocycles. The molecule has 0 radical (unpaired) electrons. The number of carbonyl (C=O) groups excluding carboxylic acids is 1. The van der Waals surface area contributed by atoms with E-state index in [1.165, 1.54) is 7.11 Å². The van der Waals surface area contributed by atoms with Crippen molar-refractivity contribution in [3.63, 3.8) is 0 Å². The van der Waals surface area contributed by atoms with E-state index in [9.17, 15) is 4.79 Å². The molecule has 1 saturated heterocycles. The van der Waals surface area contributed by atoms with E-state index in [1.54, 1.807) is 11.9 Å². The molecular weight excluding hydrogens is 146 g/mol. The number of oxime groups is 1. The third-order valence-electron chi connectivity index (χ3n) is 1.48. The van der Waals surface area contributed by atoms with E-state index in [-0.39, 0.29) is 6.03 Å². The normalized spacial score (nSPS) is 21.8. The Bertz CT molecular complexity index is 190. The van der Waals surface area contributed by atoms with Crippen molar-refractivity contribution in [1.29, 1.82) is 0 Å². The molecule has 62 valence electrons. The maximum atomic E-state index is 11.0. The van der Waals surface area contributed by atoms with Crippen molar-refractivity contribution < 1.29 is 9.63 Å². The molecule has 1 fully saturated rings. The van der Waals surface area contributed by atoms with E-state index >= 15 is 0 Å². The Labute approximate surface area is 65.0 Å². The largest absolute Gasteiger partial charge is 0.398 e. The smallest absolute Gasteiger partial charge is 0.322 e. The molecule has 0 spiro atoms. The highest BCUT2D eigenvalue weighted by molar-refractivity contribution is 5.99. The average Bonchev–Trinajstić information content (AvgIpc) is 1.98. The highest BCUT2D eigenvalue weighted by Gasteiger charge is 2.17. The zero-order valence-electron chi connectivity index (χ0n) is 6.63. The van der Waals surface area contributed by atoms with Gasteiger partial charge in [0.15, 0.2) is 5.84 Å². The van der Waals surface area contributed by atoms with Gasteiger partial charge in [-0.2, -0.15) is 0 Å². The second-order valence-electron chi connectivity index (χ2n) is 2.32. The summed E-state index contributed by atoms with van der Waals surface area (Å²) in [7, 11) is 3.19. The first-order valence-corrected chi connectivity index (χ1v) is 3.36. The second-order valence-corrected chi connectivity index (χ2v) is 2.32. The van der Waals surface area contributed by atoms with Gasteiger partial charge in [-0.25, -0.2) is 4.79 Å². The van der Waals surface area contributed by atoms with Crippen LogP contribution in [0.15, 0.2) is 5.16 Å². The Morgan fingerprint density at radius 1 is 1.73 bits per heavy atom. The van der Waals surface area contributed by atoms with Gasteiger partial charge in [-0.1, -0.05) is 5.16 Å². The summed E-state index contributed by atoms with van der Waals surface area (Å²) in [6.45, 7) is 0.689. The number of carbonyl (C=O) groups is 1. The lowest BCUT2D eigenvalue weighted by Crippen LogP contribution is -2.47. The first-order chi connectivity index (χ1) is 5.24. The topological polar surface area (TPSA) is 53.9 Å². The summed E-state index contributed by atoms with van der Waals surface area (Å²) in [5, 5.41) is 6.21. The molecule has 1 aliphatic rings. The summed E-state index contributed by atoms with van der Waals surface area (Å²) in [5.74, 6) is 0.593. The minimum Gasteiger partial charge on any atom is -0.398 e. The molecule has 0 aromatic heterocycles. The van der Waals surface area contributed by atoms with Crippen molar-refractivity contribution in [2.24, 2.45) is 5.16 Å². The quantitative estimate of drug-likeness (QED) is 0.544. The van der Waals surface area contributed by atoms with Gasteiger partial charge in [0, 0.05) is 20.0 Å². The number of hydrogen-bond acceptors (Lipinski definition) is 3. The van der Waals surface area contributed by atoms with E-state index < -0.39 is 0 Å². The first kappa shape index (κ1) is 7.84. The fourth-order valence-electron chi connectivity index (χ4n) is 0.835. The van der Waals surface area contributed by atoms with Crippen LogP contribution in [0.1, 0.15) is 6.42 Å². The number of nitrogens with one attached hydrogen (secondary N) is 1. The molecule has 5 heteroatoms. The lowest BCUT2D eigenvalue weighted by molar-refractivity contribution is 0.198. The number of urea groups is 1. The fourth-order valence-corrected chi connectivity index (χ4v) is 0.835. The Morgan fingerprint density at radius 3 is 3.00 bits per heavy atom. The zero-order chi connectivity index (χ0) is 8.27. The van der Waals surface area contributed by atoms with E-state index in [4.69, 9.17) is 0 Å². The van der Waals surface area contributed by atoms with Gasteiger partial charge < -0.3 is 9.74 Å². The van der Waals surface area contributed by atoms with Gasteiger partial charge in [0.25, 0.3) is 0 Å². The lowest BCUT2D eigenvalue weighted by Gasteiger charge is -2.23. The molecule has 0 aromatic carbocycles. The van der Waals surface area contributed by atoms with Crippen LogP contribution in [0, 0.1) is 0 Å². The molecule has 0 unspecified atom stereocenters. The average molecular weight is 157 g/mol. The number of amides is 2. The van der Waals surface area contributed by atoms with Crippen LogP contribution in [-0.4, -0.2) is 37.5 Å². The van der Waals surface area contributed by atoms with Crippen molar-refractivity contribution in [3.05, 3.63) is 0 Å². The van der Waals surface area contributed by atoms with Crippen LogP contribution in [0.4, 0.5) is 4.79 Å². The van der Waals surface area contributed by atoms with Crippen molar-refractivity contribution in [1.82, 2.24) is 10.2 Å². The summed E-state index contributed by atoms with van der Waals surface area (Å²) in [6, 6.07) is -0.132. The highest BCUT2D eigenvalue weighted by Crippen LogP contribution is 1.97. The number of rotatable bonds is 1. The third-order valence-corrected chi connectivity index (χ3v) is 1.48. The van der Waals surface area contributed by atoms with Gasteiger partial charge in [0.2, 0.25) is 0 Å². The Kier molecular flexibility index (Phi) is 2.30. The van der Waals surface area contributed by atoms with Gasteiger partial charge in [-0.3, -0.25) is 5.32 Å². The Balaban J connectivity index is 2.53. The van der Waals surface area contributed by atoms with Crippen molar-refractivity contribution in [3.8, 4) is 0 Å². The van der Waals surface area contributed by atoms with Gasteiger partial charge in [0.05, 0.1) is 0 Å². The first-order valence-electron chi connectivity index (χ1n) is 3.36. The molecule has 1 N–H and O–H groups in total. The molecular formula is C6H11N3O2. The maximum Gasteiger partial charge on any atom is 0.322 e. The molecule has 0 saturated carbocycles. The van der Waals surface area contributed by atoms with Crippen molar-refractivity contribution in [2.75, 3.05) is 20.7 Å². The number of amidine groups is 1. The standard InChI is InChI=1S/C6H11N3O2/c1-9-4-3-5(8-11-2)7-6(9)10/h3-4H2,1-2H3,(H,7,8,10). The highest BCUT2D eigenvalue weighted by atomic mass is 16.6. The molecule has 1 heterocycles. The lowest BCUT2D eigenvalue weighted by atomic mass is 10.3. The predicted octanol–water partition coefficient (Wildman–Crippen LogP) is -0.00860. The van der Waals surface area contributed by atoms with Crippen LogP contribution in [0.25, 0.3) is 0 Å². The SMILES string of the molecule is CO/N=C1/CCN(C)C(=O)N1. The number of nitrogens with zero attached hydrogens (tertiary/aromatic N) is 2. The molecule has 2 amide bonds. The van der Waals surface area contributed by atoms with Gasteiger partial charge in [0.1, 0.15) is 7.11 Å². The van der Waals surface area contributed by atoms with E-state index in [1.807, 2.05) is 0 Å². The molecule has 0 bridgehead atoms. The minimum absolute atomic E-state index is 0.132. The van der Waals surface area contributed by atoms with Crippen molar-refractivity contribution >= 4 is 11.9 Å². The van der Waals surface area contributed by atoms with Crippen molar-refractivity contribution in [2.45, 2.75) is 6.42 Å². The summed E-state index contributed by atoms with van der Waals surface area (Å²) in [5.41, 5.74) is 0. The Morgan fingerprint density at radius 2 is 2.45 bits per heavy atom. The maximum absolute atomic E-state index is 11.0. The van der Waals surface area contributed by atoms with Crippen LogP contribution in [0.5, 0.6) is 0 Å². The predicted molar refractivity (Wildman–Crippen MR) is 40.2 cm³/mol. The fraction of sp³-hybridized carbons (Fsp3) is 0.667. The van der Waals surface area contributed by atoms with E-state index in [0.717, 1.165) is 6.42 Å². The van der Waals surface area contributed by atoms with Crippen LogP contribution in [-0.2, 0) is 4.84 Å². The van der Waals surface area contributed by atoms with E-state index in [0.29, 0.717) is 12.4 Å². The second kappa shape index (κ2) is 3.23. The van der Waals surface area contributed by atoms with Gasteiger partial charge in [-0.05, 0) is 0 Å². The summed E-state index contributed by atoms with van der Waals surface area (Å²) < 4.78 is 0. The summed E-state index contributed by atoms with van der Waals surface area (Å²) in [4.78, 5) is 17.1. The van der Waals surface area contributed by atoms with Crippen LogP contribution < -0.4 is 5.32 Å². The van der Waals surface area contributed by atoms with Crippen LogP contribution in [0.2, 0.25) is 0 Å². The monoisotopic (exact) mass is 157 g/mol. The minimum atomic E-state index is -0.132. The van der Waals surface area contributed by atoms with E-state index in [2.05, 4.69) is 15.3 Å². The molecule has 0 aromatic rings. The molecule has 5 nitrogen and oxygen atoms in total. The molecule has 11 heavy (non-hydrogen) atoms. The van der Waals surface area contributed by atoms with Gasteiger partial charge >= 0.3 is 6.03 Å². The Hall–Kier alpha value is -1.26. The molecule has 0 atom stereocenters. The van der Waals surface area contributed by atoms with Gasteiger partial charge in [-0.15, -0.1) is 0 Å². The molecule has 1 aliphatic heterocycles. The van der Waals surface area contributed by atoms with Crippen LogP contribution in [0.3, 0.4) is 0 Å². The number of hydrogen-bond donors (Lipinski definition) is 1. The van der Waals surface area contributed by atoms with Crippen LogP contribution >= 0.6 is 0 Å². The third kappa shape index (κ3) is 1.83. The summed E-state index contributed by atoms with van der Waals surface area (Å²) >= 11 is 0. The molecule has 1 rings (SSSR count). The zero-order valence-corrected chi connectivity index (χ0v) is 6.63. The summed E-state index contributed by atoms with van der Waals surface area (Å²) in [6.07, 6.45) is 0.718.